The number of allylic oxidation sites excluding steroid dienone is 1. The molecule has 1 aromatic heterocycles. The number of hydrogen-bond acceptors (Lipinski definition) is 8. The molecule has 0 saturated carbocycles. The molecular formula is C28H21F2N7O2. The zero-order valence-electron chi connectivity index (χ0n) is 20.9. The summed E-state index contributed by atoms with van der Waals surface area (Å²) < 4.78 is 35.3. The van der Waals surface area contributed by atoms with Crippen LogP contribution in [-0.4, -0.2) is 27.9 Å². The Morgan fingerprint density at radius 3 is 2.72 bits per heavy atom. The van der Waals surface area contributed by atoms with Gasteiger partial charge in [0.15, 0.2) is 17.4 Å². The molecule has 0 bridgehead atoms. The maximum absolute atomic E-state index is 16.2. The fourth-order valence-electron chi connectivity index (χ4n) is 4.68. The minimum atomic E-state index is -1.07. The lowest BCUT2D eigenvalue weighted by atomic mass is 10.0. The molecule has 194 valence electrons. The van der Waals surface area contributed by atoms with Crippen LogP contribution in [0.1, 0.15) is 16.8 Å². The Kier molecular flexibility index (Phi) is 5.75. The third-order valence-electron chi connectivity index (χ3n) is 6.51. The number of carbonyl (C=O) groups is 1. The number of nitrogens with one attached hydrogen (secondary N) is 2. The highest BCUT2D eigenvalue weighted by atomic mass is 19.1. The van der Waals surface area contributed by atoms with Gasteiger partial charge in [-0.3, -0.25) is 9.78 Å². The molecular weight excluding hydrogens is 504 g/mol. The Hall–Kier alpha value is -5.19. The van der Waals surface area contributed by atoms with Crippen molar-refractivity contribution in [1.29, 1.82) is 0 Å². The summed E-state index contributed by atoms with van der Waals surface area (Å²) in [7, 11) is 1.85. The van der Waals surface area contributed by atoms with Crippen LogP contribution in [-0.2, 0) is 11.3 Å². The van der Waals surface area contributed by atoms with E-state index < -0.39 is 17.6 Å². The van der Waals surface area contributed by atoms with Crippen molar-refractivity contribution in [2.75, 3.05) is 17.3 Å². The molecule has 1 aliphatic carbocycles. The molecule has 0 radical (unpaired) electrons. The summed E-state index contributed by atoms with van der Waals surface area (Å²) in [5.41, 5.74) is 7.68. The number of aryl methyl sites for hydroxylation is 1. The van der Waals surface area contributed by atoms with Crippen LogP contribution in [0, 0.1) is 12.7 Å². The largest absolute Gasteiger partial charge is 0.420 e. The standard InChI is InChI=1S/C28H21F2N7O2/c1-14-10-11-31-28(34-14)39-26-18-8-9-21(16-4-6-17(7-5-16)35-27(38)15(2)29)37(3)25(18)24-22-19(23(26)30)12-33-36-20(22)13-32-24/h4-11,13,33H,2,12H2,1,3H3,(H,35,38). The molecule has 39 heavy (non-hydrogen) atoms. The van der Waals surface area contributed by atoms with Crippen LogP contribution in [0.25, 0.3) is 23.0 Å². The molecule has 3 aliphatic heterocycles. The van der Waals surface area contributed by atoms with Gasteiger partial charge in [0.05, 0.1) is 24.1 Å². The van der Waals surface area contributed by atoms with Crippen molar-refractivity contribution in [2.45, 2.75) is 13.5 Å². The van der Waals surface area contributed by atoms with Crippen molar-refractivity contribution in [2.24, 2.45) is 5.10 Å². The number of amides is 1. The molecule has 1 aromatic carbocycles. The van der Waals surface area contributed by atoms with Crippen LogP contribution >= 0.6 is 0 Å². The number of aromatic nitrogens is 3. The summed E-state index contributed by atoms with van der Waals surface area (Å²) >= 11 is 0. The van der Waals surface area contributed by atoms with E-state index in [0.717, 1.165) is 11.3 Å². The topological polar surface area (TPSA) is 105 Å². The molecule has 0 saturated heterocycles. The zero-order chi connectivity index (χ0) is 27.3. The van der Waals surface area contributed by atoms with E-state index in [0.29, 0.717) is 44.5 Å². The molecule has 0 fully saturated rings. The van der Waals surface area contributed by atoms with Gasteiger partial charge in [0, 0.05) is 46.7 Å². The van der Waals surface area contributed by atoms with Crippen LogP contribution in [0.2, 0.25) is 0 Å². The highest BCUT2D eigenvalue weighted by Crippen LogP contribution is 2.38. The maximum atomic E-state index is 16.2. The quantitative estimate of drug-likeness (QED) is 0.384. The average molecular weight is 526 g/mol. The van der Waals surface area contributed by atoms with E-state index in [1.807, 2.05) is 18.0 Å². The van der Waals surface area contributed by atoms with Crippen LogP contribution in [0.5, 0.6) is 11.8 Å². The van der Waals surface area contributed by atoms with E-state index in [2.05, 4.69) is 37.4 Å². The fourth-order valence-corrected chi connectivity index (χ4v) is 4.68. The summed E-state index contributed by atoms with van der Waals surface area (Å²) in [6.07, 6.45) is 6.75. The van der Waals surface area contributed by atoms with Gasteiger partial charge in [-0.2, -0.15) is 5.10 Å². The molecule has 0 unspecified atom stereocenters. The molecule has 2 N–H and O–H groups in total. The predicted octanol–water partition coefficient (Wildman–Crippen LogP) is 3.55. The number of anilines is 2. The summed E-state index contributed by atoms with van der Waals surface area (Å²) in [6, 6.07) is 8.63. The Morgan fingerprint density at radius 2 is 1.97 bits per heavy atom. The minimum Gasteiger partial charge on any atom is -0.420 e. The molecule has 1 amide bonds. The number of ether oxygens (including phenoxy) is 1. The minimum absolute atomic E-state index is 0.0232. The smallest absolute Gasteiger partial charge is 0.322 e. The highest BCUT2D eigenvalue weighted by Gasteiger charge is 2.30. The van der Waals surface area contributed by atoms with Crippen molar-refractivity contribution in [3.8, 4) is 23.0 Å². The SMILES string of the molecule is C=C(F)C(=O)Nc1ccc(C2=CC=c3c(Oc4nccc(C)n4)c(F)c4c5c(cnc-5c3N2C)=NNC4)cc1. The summed E-state index contributed by atoms with van der Waals surface area (Å²) in [4.78, 5) is 26.6. The summed E-state index contributed by atoms with van der Waals surface area (Å²) in [6.45, 7) is 4.96. The number of carbonyl (C=O) groups excluding carboxylic acids is 1. The van der Waals surface area contributed by atoms with E-state index in [9.17, 15) is 9.18 Å². The van der Waals surface area contributed by atoms with Crippen LogP contribution in [0.3, 0.4) is 0 Å². The van der Waals surface area contributed by atoms with Gasteiger partial charge in [0.25, 0.3) is 5.91 Å². The summed E-state index contributed by atoms with van der Waals surface area (Å²) in [5.74, 6) is -2.56. The van der Waals surface area contributed by atoms with Crippen molar-refractivity contribution in [1.82, 2.24) is 20.4 Å². The van der Waals surface area contributed by atoms with Gasteiger partial charge in [0.2, 0.25) is 0 Å². The van der Waals surface area contributed by atoms with E-state index in [-0.39, 0.29) is 18.3 Å². The molecule has 6 rings (SSSR count). The molecule has 4 heterocycles. The molecule has 2 aromatic rings. The van der Waals surface area contributed by atoms with E-state index in [1.54, 1.807) is 55.7 Å². The van der Waals surface area contributed by atoms with E-state index in [4.69, 9.17) is 4.74 Å². The Balaban J connectivity index is 1.52. The van der Waals surface area contributed by atoms with Gasteiger partial charge >= 0.3 is 6.01 Å². The third-order valence-corrected chi connectivity index (χ3v) is 6.51. The number of halogens is 2. The molecule has 0 atom stereocenters. The lowest BCUT2D eigenvalue weighted by Gasteiger charge is -2.27. The molecule has 11 heteroatoms. The van der Waals surface area contributed by atoms with E-state index >= 15 is 4.39 Å². The molecule has 9 nitrogen and oxygen atoms in total. The highest BCUT2D eigenvalue weighted by molar-refractivity contribution is 6.01. The monoisotopic (exact) mass is 525 g/mol. The number of nitrogens with zero attached hydrogens (tertiary/aromatic N) is 5. The third kappa shape index (κ3) is 4.13. The Morgan fingerprint density at radius 1 is 1.18 bits per heavy atom. The second kappa shape index (κ2) is 9.28. The number of rotatable bonds is 5. The molecule has 0 spiro atoms. The van der Waals surface area contributed by atoms with Crippen molar-refractivity contribution in [3.63, 3.8) is 0 Å². The predicted molar refractivity (Wildman–Crippen MR) is 141 cm³/mol. The van der Waals surface area contributed by atoms with Crippen molar-refractivity contribution >= 4 is 29.1 Å². The van der Waals surface area contributed by atoms with Gasteiger partial charge in [-0.25, -0.2) is 18.7 Å². The van der Waals surface area contributed by atoms with Gasteiger partial charge < -0.3 is 20.4 Å². The van der Waals surface area contributed by atoms with Gasteiger partial charge in [-0.15, -0.1) is 0 Å². The average Bonchev–Trinajstić information content (AvgIpc) is 3.32. The lowest BCUT2D eigenvalue weighted by Crippen LogP contribution is -2.26. The first-order valence-corrected chi connectivity index (χ1v) is 11.9. The van der Waals surface area contributed by atoms with Crippen LogP contribution in [0.15, 0.2) is 66.3 Å². The van der Waals surface area contributed by atoms with Crippen LogP contribution < -0.4 is 31.0 Å². The Labute approximate surface area is 221 Å². The maximum Gasteiger partial charge on any atom is 0.322 e. The number of fused-ring (bicyclic) bond motifs is 2. The second-order valence-corrected chi connectivity index (χ2v) is 8.99. The zero-order valence-corrected chi connectivity index (χ0v) is 20.9. The second-order valence-electron chi connectivity index (χ2n) is 8.99. The normalized spacial score (nSPS) is 13.4. The molecule has 4 aliphatic rings. The summed E-state index contributed by atoms with van der Waals surface area (Å²) in [5, 5.41) is 7.74. The van der Waals surface area contributed by atoms with Crippen molar-refractivity contribution in [3.05, 3.63) is 94.4 Å². The lowest BCUT2D eigenvalue weighted by molar-refractivity contribution is -0.114. The first-order chi connectivity index (χ1) is 18.8. The van der Waals surface area contributed by atoms with E-state index in [1.165, 1.54) is 0 Å². The number of hydrogen-bond donors (Lipinski definition) is 2. The van der Waals surface area contributed by atoms with Gasteiger partial charge in [-0.1, -0.05) is 18.7 Å². The first kappa shape index (κ1) is 24.2. The number of benzene rings is 1. The van der Waals surface area contributed by atoms with Crippen molar-refractivity contribution < 1.29 is 18.3 Å². The Bertz CT molecular complexity index is 1800. The first-order valence-electron chi connectivity index (χ1n) is 11.9. The fraction of sp³-hybridized carbons (Fsp3) is 0.107. The van der Waals surface area contributed by atoms with Gasteiger partial charge in [0.1, 0.15) is 5.36 Å². The van der Waals surface area contributed by atoms with Crippen LogP contribution in [0.4, 0.5) is 20.2 Å². The van der Waals surface area contributed by atoms with Gasteiger partial charge in [-0.05, 0) is 42.8 Å².